The Balaban J connectivity index is 2.75. The van der Waals surface area contributed by atoms with Gasteiger partial charge >= 0.3 is 0 Å². The smallest absolute Gasteiger partial charge is 0.165 e. The molecule has 0 spiro atoms. The van der Waals surface area contributed by atoms with Crippen LogP contribution in [-0.2, 0) is 11.2 Å². The fraction of sp³-hybridized carbons (Fsp3) is 0.417. The van der Waals surface area contributed by atoms with Crippen LogP contribution in [0.15, 0.2) is 18.2 Å². The zero-order chi connectivity index (χ0) is 12.1. The van der Waals surface area contributed by atoms with E-state index in [1.54, 1.807) is 13.0 Å². The summed E-state index contributed by atoms with van der Waals surface area (Å²) < 4.78 is 18.1. The molecular weight excluding hydrogens is 209 g/mol. The van der Waals surface area contributed by atoms with E-state index in [1.807, 2.05) is 0 Å². The van der Waals surface area contributed by atoms with Gasteiger partial charge in [0.15, 0.2) is 11.6 Å². The SMILES string of the molecule is COc1ccc(CC(=O)C(C)CN)cc1F. The third kappa shape index (κ3) is 3.03. The standard InChI is InChI=1S/C12H16FNO2/c1-8(7-14)11(15)6-9-3-4-12(16-2)10(13)5-9/h3-5,8H,6-7,14H2,1-2H3. The summed E-state index contributed by atoms with van der Waals surface area (Å²) in [4.78, 5) is 11.6. The van der Waals surface area contributed by atoms with Gasteiger partial charge in [0.25, 0.3) is 0 Å². The highest BCUT2D eigenvalue weighted by atomic mass is 19.1. The average Bonchev–Trinajstić information content (AvgIpc) is 2.28. The Labute approximate surface area is 94.4 Å². The van der Waals surface area contributed by atoms with Crippen molar-refractivity contribution in [1.82, 2.24) is 0 Å². The molecule has 1 unspecified atom stereocenters. The van der Waals surface area contributed by atoms with Crippen LogP contribution in [-0.4, -0.2) is 19.4 Å². The van der Waals surface area contributed by atoms with Crippen molar-refractivity contribution in [1.29, 1.82) is 0 Å². The minimum atomic E-state index is -0.451. The van der Waals surface area contributed by atoms with Gasteiger partial charge in [-0.3, -0.25) is 4.79 Å². The molecule has 0 fully saturated rings. The molecule has 0 aliphatic heterocycles. The van der Waals surface area contributed by atoms with Gasteiger partial charge in [-0.25, -0.2) is 4.39 Å². The Morgan fingerprint density at radius 1 is 1.56 bits per heavy atom. The van der Waals surface area contributed by atoms with E-state index in [0.29, 0.717) is 12.1 Å². The second-order valence-electron chi connectivity index (χ2n) is 3.75. The van der Waals surface area contributed by atoms with Crippen LogP contribution >= 0.6 is 0 Å². The predicted octanol–water partition coefficient (Wildman–Crippen LogP) is 1.54. The van der Waals surface area contributed by atoms with Crippen LogP contribution in [0.25, 0.3) is 0 Å². The van der Waals surface area contributed by atoms with Gasteiger partial charge in [0.1, 0.15) is 5.78 Å². The minimum absolute atomic E-state index is 0.0204. The van der Waals surface area contributed by atoms with E-state index >= 15 is 0 Å². The molecule has 2 N–H and O–H groups in total. The quantitative estimate of drug-likeness (QED) is 0.827. The second-order valence-corrected chi connectivity index (χ2v) is 3.75. The third-order valence-corrected chi connectivity index (χ3v) is 2.50. The maximum absolute atomic E-state index is 13.3. The lowest BCUT2D eigenvalue weighted by Crippen LogP contribution is -2.22. The molecule has 3 nitrogen and oxygen atoms in total. The summed E-state index contributed by atoms with van der Waals surface area (Å²) in [6.45, 7) is 2.08. The Morgan fingerprint density at radius 2 is 2.25 bits per heavy atom. The van der Waals surface area contributed by atoms with Crippen LogP contribution in [0.2, 0.25) is 0 Å². The predicted molar refractivity (Wildman–Crippen MR) is 59.9 cm³/mol. The molecule has 0 radical (unpaired) electrons. The van der Waals surface area contributed by atoms with E-state index in [2.05, 4.69) is 0 Å². The zero-order valence-corrected chi connectivity index (χ0v) is 9.50. The average molecular weight is 225 g/mol. The molecule has 0 bridgehead atoms. The van der Waals surface area contributed by atoms with Crippen LogP contribution in [0.1, 0.15) is 12.5 Å². The van der Waals surface area contributed by atoms with Gasteiger partial charge in [0.05, 0.1) is 7.11 Å². The molecule has 16 heavy (non-hydrogen) atoms. The number of rotatable bonds is 5. The number of hydrogen-bond donors (Lipinski definition) is 1. The molecule has 0 amide bonds. The van der Waals surface area contributed by atoms with Gasteiger partial charge in [-0.2, -0.15) is 0 Å². The molecule has 0 aliphatic carbocycles. The molecule has 0 saturated carbocycles. The van der Waals surface area contributed by atoms with E-state index < -0.39 is 5.82 Å². The van der Waals surface area contributed by atoms with Crippen molar-refractivity contribution in [3.8, 4) is 5.75 Å². The molecule has 88 valence electrons. The van der Waals surface area contributed by atoms with Gasteiger partial charge in [-0.15, -0.1) is 0 Å². The van der Waals surface area contributed by atoms with Crippen LogP contribution in [0, 0.1) is 11.7 Å². The van der Waals surface area contributed by atoms with Gasteiger partial charge in [0.2, 0.25) is 0 Å². The number of hydrogen-bond acceptors (Lipinski definition) is 3. The molecule has 0 aromatic heterocycles. The number of ether oxygens (including phenoxy) is 1. The third-order valence-electron chi connectivity index (χ3n) is 2.50. The van der Waals surface area contributed by atoms with Gasteiger partial charge in [-0.1, -0.05) is 13.0 Å². The maximum atomic E-state index is 13.3. The van der Waals surface area contributed by atoms with Crippen molar-refractivity contribution in [3.63, 3.8) is 0 Å². The summed E-state index contributed by atoms with van der Waals surface area (Å²) in [5.41, 5.74) is 6.03. The Hall–Kier alpha value is -1.42. The molecule has 0 aliphatic rings. The zero-order valence-electron chi connectivity index (χ0n) is 9.50. The fourth-order valence-corrected chi connectivity index (χ4v) is 1.33. The summed E-state index contributed by atoms with van der Waals surface area (Å²) in [7, 11) is 1.40. The number of carbonyl (C=O) groups excluding carboxylic acids is 1. The van der Waals surface area contributed by atoms with Crippen LogP contribution in [0.4, 0.5) is 4.39 Å². The highest BCUT2D eigenvalue weighted by Crippen LogP contribution is 2.18. The van der Waals surface area contributed by atoms with Gasteiger partial charge < -0.3 is 10.5 Å². The number of ketones is 1. The van der Waals surface area contributed by atoms with E-state index in [-0.39, 0.29) is 23.9 Å². The number of benzene rings is 1. The maximum Gasteiger partial charge on any atom is 0.165 e. The molecular formula is C12H16FNO2. The highest BCUT2D eigenvalue weighted by molar-refractivity contribution is 5.83. The summed E-state index contributed by atoms with van der Waals surface area (Å²) >= 11 is 0. The lowest BCUT2D eigenvalue weighted by atomic mass is 9.99. The Kier molecular flexibility index (Phi) is 4.43. The van der Waals surface area contributed by atoms with Crippen molar-refractivity contribution in [2.45, 2.75) is 13.3 Å². The largest absolute Gasteiger partial charge is 0.494 e. The minimum Gasteiger partial charge on any atom is -0.494 e. The van der Waals surface area contributed by atoms with Crippen molar-refractivity contribution in [2.75, 3.05) is 13.7 Å². The first-order chi connectivity index (χ1) is 7.58. The first kappa shape index (κ1) is 12.6. The number of methoxy groups -OCH3 is 1. The van der Waals surface area contributed by atoms with Crippen LogP contribution < -0.4 is 10.5 Å². The highest BCUT2D eigenvalue weighted by Gasteiger charge is 2.12. The Bertz CT molecular complexity index is 379. The van der Waals surface area contributed by atoms with E-state index in [1.165, 1.54) is 19.2 Å². The van der Waals surface area contributed by atoms with Gasteiger partial charge in [0, 0.05) is 18.9 Å². The number of carbonyl (C=O) groups is 1. The number of Topliss-reactive ketones (excluding diaryl/α,β-unsaturated/α-hetero) is 1. The van der Waals surface area contributed by atoms with Crippen molar-refractivity contribution >= 4 is 5.78 Å². The molecule has 0 heterocycles. The van der Waals surface area contributed by atoms with E-state index in [9.17, 15) is 9.18 Å². The monoisotopic (exact) mass is 225 g/mol. The number of halogens is 1. The summed E-state index contributed by atoms with van der Waals surface area (Å²) in [6, 6.07) is 4.52. The molecule has 1 atom stereocenters. The normalized spacial score (nSPS) is 12.2. The fourth-order valence-electron chi connectivity index (χ4n) is 1.33. The molecule has 1 rings (SSSR count). The topological polar surface area (TPSA) is 52.3 Å². The van der Waals surface area contributed by atoms with Crippen LogP contribution in [0.3, 0.4) is 0 Å². The van der Waals surface area contributed by atoms with Crippen molar-refractivity contribution in [3.05, 3.63) is 29.6 Å². The summed E-state index contributed by atoms with van der Waals surface area (Å²) in [6.07, 6.45) is 0.208. The molecule has 1 aromatic rings. The molecule has 1 aromatic carbocycles. The van der Waals surface area contributed by atoms with Crippen molar-refractivity contribution < 1.29 is 13.9 Å². The first-order valence-electron chi connectivity index (χ1n) is 5.13. The van der Waals surface area contributed by atoms with Gasteiger partial charge in [-0.05, 0) is 17.7 Å². The lowest BCUT2D eigenvalue weighted by molar-refractivity contribution is -0.121. The first-order valence-corrected chi connectivity index (χ1v) is 5.13. The summed E-state index contributed by atoms with van der Waals surface area (Å²) in [5.74, 6) is -0.437. The van der Waals surface area contributed by atoms with E-state index in [4.69, 9.17) is 10.5 Å². The second kappa shape index (κ2) is 5.61. The van der Waals surface area contributed by atoms with Crippen molar-refractivity contribution in [2.24, 2.45) is 11.7 Å². The number of nitrogens with two attached hydrogens (primary N) is 1. The molecule has 0 saturated heterocycles. The lowest BCUT2D eigenvalue weighted by Gasteiger charge is -2.08. The van der Waals surface area contributed by atoms with Crippen LogP contribution in [0.5, 0.6) is 5.75 Å². The summed E-state index contributed by atoms with van der Waals surface area (Å²) in [5, 5.41) is 0. The molecule has 4 heteroatoms. The Morgan fingerprint density at radius 3 is 2.75 bits per heavy atom. The van der Waals surface area contributed by atoms with E-state index in [0.717, 1.165) is 0 Å².